The molecule has 1 atom stereocenters. The summed E-state index contributed by atoms with van der Waals surface area (Å²) >= 11 is 12.0. The van der Waals surface area contributed by atoms with Gasteiger partial charge in [0.1, 0.15) is 6.04 Å². The Hall–Kier alpha value is -1.26. The van der Waals surface area contributed by atoms with E-state index in [1.165, 1.54) is 4.90 Å². The average molecular weight is 331 g/mol. The van der Waals surface area contributed by atoms with E-state index >= 15 is 0 Å². The van der Waals surface area contributed by atoms with E-state index in [4.69, 9.17) is 23.2 Å². The van der Waals surface area contributed by atoms with E-state index < -0.39 is 6.04 Å². The lowest BCUT2D eigenvalue weighted by atomic mass is 10.1. The lowest BCUT2D eigenvalue weighted by molar-refractivity contribution is -0.140. The van der Waals surface area contributed by atoms with E-state index in [0.29, 0.717) is 16.5 Å². The maximum Gasteiger partial charge on any atom is 0.242 e. The predicted octanol–water partition coefficient (Wildman–Crippen LogP) is 3.26. The molecule has 0 radical (unpaired) electrons. The second-order valence-electron chi connectivity index (χ2n) is 4.80. The van der Waals surface area contributed by atoms with Gasteiger partial charge < -0.3 is 10.2 Å². The highest BCUT2D eigenvalue weighted by atomic mass is 35.5. The number of carbonyl (C=O) groups excluding carboxylic acids is 2. The number of benzene rings is 1. The highest BCUT2D eigenvalue weighted by Gasteiger charge is 2.25. The normalized spacial score (nSPS) is 11.9. The van der Waals surface area contributed by atoms with Crippen molar-refractivity contribution in [1.29, 1.82) is 0 Å². The Bertz CT molecular complexity index is 520. The standard InChI is InChI=1S/C15H20Cl2N2O2/c1-4-5-14(20)19(10(2)15(21)18-3)9-11-6-7-12(16)8-13(11)17/h6-8,10H,4-5,9H2,1-3H3,(H,18,21)/t10-/m0/s1. The van der Waals surface area contributed by atoms with Crippen molar-refractivity contribution in [3.05, 3.63) is 33.8 Å². The Morgan fingerprint density at radius 3 is 2.52 bits per heavy atom. The lowest BCUT2D eigenvalue weighted by Gasteiger charge is -2.28. The molecular weight excluding hydrogens is 311 g/mol. The SMILES string of the molecule is CCCC(=O)N(Cc1ccc(Cl)cc1Cl)[C@@H](C)C(=O)NC. The summed E-state index contributed by atoms with van der Waals surface area (Å²) in [5.74, 6) is -0.274. The molecule has 0 aliphatic heterocycles. The van der Waals surface area contributed by atoms with Gasteiger partial charge in [0.15, 0.2) is 0 Å². The Morgan fingerprint density at radius 1 is 1.33 bits per heavy atom. The molecule has 4 nitrogen and oxygen atoms in total. The van der Waals surface area contributed by atoms with Gasteiger partial charge in [0.25, 0.3) is 0 Å². The number of carbonyl (C=O) groups is 2. The van der Waals surface area contributed by atoms with Gasteiger partial charge in [-0.2, -0.15) is 0 Å². The van der Waals surface area contributed by atoms with Gasteiger partial charge in [0.05, 0.1) is 0 Å². The second kappa shape index (κ2) is 8.25. The number of amides is 2. The zero-order valence-electron chi connectivity index (χ0n) is 12.5. The summed E-state index contributed by atoms with van der Waals surface area (Å²) in [7, 11) is 1.55. The van der Waals surface area contributed by atoms with Gasteiger partial charge in [-0.05, 0) is 31.0 Å². The molecule has 1 rings (SSSR count). The van der Waals surface area contributed by atoms with E-state index in [0.717, 1.165) is 12.0 Å². The largest absolute Gasteiger partial charge is 0.357 e. The molecule has 0 unspecified atom stereocenters. The van der Waals surface area contributed by atoms with Crippen LogP contribution in [0.5, 0.6) is 0 Å². The molecule has 2 amide bonds. The van der Waals surface area contributed by atoms with Crippen LogP contribution in [0.4, 0.5) is 0 Å². The highest BCUT2D eigenvalue weighted by Crippen LogP contribution is 2.23. The Morgan fingerprint density at radius 2 is 2.00 bits per heavy atom. The molecule has 0 saturated carbocycles. The molecule has 0 aliphatic rings. The van der Waals surface area contributed by atoms with Gasteiger partial charge in [0.2, 0.25) is 11.8 Å². The zero-order chi connectivity index (χ0) is 16.0. The third kappa shape index (κ3) is 4.90. The molecule has 1 aromatic carbocycles. The molecule has 0 aliphatic carbocycles. The number of nitrogens with one attached hydrogen (secondary N) is 1. The second-order valence-corrected chi connectivity index (χ2v) is 5.64. The number of rotatable bonds is 6. The first kappa shape index (κ1) is 17.8. The molecule has 116 valence electrons. The average Bonchev–Trinajstić information content (AvgIpc) is 2.45. The van der Waals surface area contributed by atoms with Gasteiger partial charge >= 0.3 is 0 Å². The summed E-state index contributed by atoms with van der Waals surface area (Å²) in [6.07, 6.45) is 1.12. The van der Waals surface area contributed by atoms with Crippen molar-refractivity contribution in [2.75, 3.05) is 7.05 Å². The smallest absolute Gasteiger partial charge is 0.242 e. The molecule has 21 heavy (non-hydrogen) atoms. The minimum absolute atomic E-state index is 0.0698. The van der Waals surface area contributed by atoms with Crippen LogP contribution in [0.3, 0.4) is 0 Å². The molecule has 0 spiro atoms. The summed E-state index contributed by atoms with van der Waals surface area (Å²) in [4.78, 5) is 25.6. The van der Waals surface area contributed by atoms with Crippen LogP contribution in [0.1, 0.15) is 32.3 Å². The first-order chi connectivity index (χ1) is 9.90. The van der Waals surface area contributed by atoms with Gasteiger partial charge in [-0.25, -0.2) is 0 Å². The van der Waals surface area contributed by atoms with E-state index in [9.17, 15) is 9.59 Å². The van der Waals surface area contributed by atoms with Crippen LogP contribution in [-0.2, 0) is 16.1 Å². The first-order valence-corrected chi connectivity index (χ1v) is 7.61. The minimum atomic E-state index is -0.555. The van der Waals surface area contributed by atoms with Gasteiger partial charge in [-0.1, -0.05) is 36.2 Å². The van der Waals surface area contributed by atoms with Gasteiger partial charge in [-0.3, -0.25) is 9.59 Å². The van der Waals surface area contributed by atoms with Gasteiger partial charge in [0, 0.05) is 30.1 Å². The van der Waals surface area contributed by atoms with Crippen LogP contribution in [0.25, 0.3) is 0 Å². The van der Waals surface area contributed by atoms with Crippen molar-refractivity contribution in [3.8, 4) is 0 Å². The molecule has 6 heteroatoms. The summed E-state index contributed by atoms with van der Waals surface area (Å²) in [6.45, 7) is 3.91. The molecule has 0 heterocycles. The maximum atomic E-state index is 12.3. The Kier molecular flexibility index (Phi) is 6.99. The monoisotopic (exact) mass is 330 g/mol. The molecule has 0 saturated heterocycles. The van der Waals surface area contributed by atoms with Crippen LogP contribution in [0.2, 0.25) is 10.0 Å². The Labute approximate surface area is 135 Å². The van der Waals surface area contributed by atoms with E-state index in [1.54, 1.807) is 32.2 Å². The third-order valence-electron chi connectivity index (χ3n) is 3.23. The first-order valence-electron chi connectivity index (χ1n) is 6.85. The van der Waals surface area contributed by atoms with Crippen molar-refractivity contribution in [3.63, 3.8) is 0 Å². The molecule has 0 aromatic heterocycles. The fourth-order valence-electron chi connectivity index (χ4n) is 1.98. The van der Waals surface area contributed by atoms with Crippen LogP contribution >= 0.6 is 23.2 Å². The van der Waals surface area contributed by atoms with E-state index in [-0.39, 0.29) is 18.4 Å². The van der Waals surface area contributed by atoms with Crippen LogP contribution in [0.15, 0.2) is 18.2 Å². The quantitative estimate of drug-likeness (QED) is 0.870. The van der Waals surface area contributed by atoms with Crippen molar-refractivity contribution < 1.29 is 9.59 Å². The Balaban J connectivity index is 3.01. The summed E-state index contributed by atoms with van der Waals surface area (Å²) in [5, 5.41) is 3.59. The topological polar surface area (TPSA) is 49.4 Å². The van der Waals surface area contributed by atoms with E-state index in [1.807, 2.05) is 6.92 Å². The van der Waals surface area contributed by atoms with Gasteiger partial charge in [-0.15, -0.1) is 0 Å². The zero-order valence-corrected chi connectivity index (χ0v) is 14.0. The molecule has 0 fully saturated rings. The number of nitrogens with zero attached hydrogens (tertiary/aromatic N) is 1. The molecule has 0 bridgehead atoms. The number of hydrogen-bond donors (Lipinski definition) is 1. The van der Waals surface area contributed by atoms with Crippen LogP contribution < -0.4 is 5.32 Å². The van der Waals surface area contributed by atoms with Crippen LogP contribution in [0, 0.1) is 0 Å². The van der Waals surface area contributed by atoms with E-state index in [2.05, 4.69) is 5.32 Å². The van der Waals surface area contributed by atoms with Crippen molar-refractivity contribution in [1.82, 2.24) is 10.2 Å². The summed E-state index contributed by atoms with van der Waals surface area (Å²) in [6, 6.07) is 4.56. The summed E-state index contributed by atoms with van der Waals surface area (Å²) < 4.78 is 0. The number of halogens is 2. The number of likely N-dealkylation sites (N-methyl/N-ethyl adjacent to an activating group) is 1. The third-order valence-corrected chi connectivity index (χ3v) is 3.82. The minimum Gasteiger partial charge on any atom is -0.357 e. The fourth-order valence-corrected chi connectivity index (χ4v) is 2.45. The van der Waals surface area contributed by atoms with Crippen LogP contribution in [-0.4, -0.2) is 29.8 Å². The molecule has 1 N–H and O–H groups in total. The maximum absolute atomic E-state index is 12.3. The van der Waals surface area contributed by atoms with Crippen molar-refractivity contribution in [2.45, 2.75) is 39.3 Å². The predicted molar refractivity (Wildman–Crippen MR) is 85.4 cm³/mol. The number of hydrogen-bond acceptors (Lipinski definition) is 2. The summed E-state index contributed by atoms with van der Waals surface area (Å²) in [5.41, 5.74) is 0.765. The van der Waals surface area contributed by atoms with Crippen molar-refractivity contribution >= 4 is 35.0 Å². The fraction of sp³-hybridized carbons (Fsp3) is 0.467. The van der Waals surface area contributed by atoms with Crippen molar-refractivity contribution in [2.24, 2.45) is 0 Å². The molecule has 1 aromatic rings. The molecular formula is C15H20Cl2N2O2. The lowest BCUT2D eigenvalue weighted by Crippen LogP contribution is -2.46. The highest BCUT2D eigenvalue weighted by molar-refractivity contribution is 6.35.